The first-order chi connectivity index (χ1) is 5.57. The van der Waals surface area contributed by atoms with E-state index in [0.717, 1.165) is 6.07 Å². The lowest BCUT2D eigenvalue weighted by Crippen LogP contribution is -1.84. The summed E-state index contributed by atoms with van der Waals surface area (Å²) in [7, 11) is 0. The Labute approximate surface area is 82.6 Å². The lowest BCUT2D eigenvalue weighted by atomic mass is 10.2. The topological polar surface area (TPSA) is 20.2 Å². The van der Waals surface area contributed by atoms with E-state index in [4.69, 9.17) is 11.6 Å². The number of benzene rings is 1. The Morgan fingerprint density at radius 1 is 1.67 bits per heavy atom. The van der Waals surface area contributed by atoms with E-state index >= 15 is 0 Å². The van der Waals surface area contributed by atoms with E-state index in [-0.39, 0.29) is 10.8 Å². The number of hydrogen-bond donors (Lipinski definition) is 1. The molecule has 0 amide bonds. The third-order valence-electron chi connectivity index (χ3n) is 1.38. The molecule has 1 N–H and O–H groups in total. The van der Waals surface area contributed by atoms with Crippen molar-refractivity contribution < 1.29 is 9.50 Å². The Kier molecular flexibility index (Phi) is 2.75. The normalized spacial score (nSPS) is 9.92. The molecule has 0 unspecified atom stereocenters. The maximum absolute atomic E-state index is 12.8. The van der Waals surface area contributed by atoms with Crippen LogP contribution in [0.15, 0.2) is 17.1 Å². The van der Waals surface area contributed by atoms with Gasteiger partial charge in [-0.15, -0.1) is 0 Å². The van der Waals surface area contributed by atoms with Crippen molar-refractivity contribution in [3.8, 4) is 5.75 Å². The first kappa shape index (κ1) is 9.55. The maximum atomic E-state index is 12.8. The van der Waals surface area contributed by atoms with Gasteiger partial charge in [0.15, 0.2) is 0 Å². The molecule has 0 aliphatic carbocycles. The molecule has 1 aromatic rings. The zero-order chi connectivity index (χ0) is 9.30. The molecule has 1 rings (SSSR count). The number of phenolic OH excluding ortho intramolecular Hbond substituents is 1. The largest absolute Gasteiger partial charge is 0.507 e. The summed E-state index contributed by atoms with van der Waals surface area (Å²) in [5.74, 6) is -0.842. The Hall–Kier alpha value is -0.540. The van der Waals surface area contributed by atoms with Crippen molar-refractivity contribution in [2.24, 2.45) is 0 Å². The van der Waals surface area contributed by atoms with Crippen LogP contribution in [0.4, 0.5) is 4.39 Å². The summed E-state index contributed by atoms with van der Waals surface area (Å²) in [6, 6.07) is 0.949. The van der Waals surface area contributed by atoms with E-state index in [0.29, 0.717) is 10.0 Å². The molecule has 0 aromatic heterocycles. The summed E-state index contributed by atoms with van der Waals surface area (Å²) in [4.78, 5) is 0. The molecule has 0 fully saturated rings. The van der Waals surface area contributed by atoms with Gasteiger partial charge in [0.25, 0.3) is 0 Å². The second-order valence-electron chi connectivity index (χ2n) is 2.12. The van der Waals surface area contributed by atoms with Crippen LogP contribution in [-0.4, -0.2) is 5.11 Å². The highest BCUT2D eigenvalue weighted by Crippen LogP contribution is 2.35. The van der Waals surface area contributed by atoms with E-state index in [1.54, 1.807) is 0 Å². The molecule has 4 heteroatoms. The summed E-state index contributed by atoms with van der Waals surface area (Å²) >= 11 is 8.59. The Morgan fingerprint density at radius 2 is 2.25 bits per heavy atom. The summed E-state index contributed by atoms with van der Waals surface area (Å²) in [6.07, 6.45) is 1.39. The molecule has 1 aromatic carbocycles. The molecule has 0 bridgehead atoms. The van der Waals surface area contributed by atoms with Gasteiger partial charge in [-0.05, 0) is 15.9 Å². The van der Waals surface area contributed by atoms with Gasteiger partial charge in [0, 0.05) is 11.6 Å². The molecule has 0 spiro atoms. The number of rotatable bonds is 1. The van der Waals surface area contributed by atoms with Crippen molar-refractivity contribution >= 4 is 33.6 Å². The van der Waals surface area contributed by atoms with Crippen LogP contribution in [0.3, 0.4) is 0 Å². The highest BCUT2D eigenvalue weighted by atomic mass is 79.9. The van der Waals surface area contributed by atoms with E-state index in [1.165, 1.54) is 6.08 Å². The third kappa shape index (κ3) is 1.47. The van der Waals surface area contributed by atoms with Gasteiger partial charge in [0.2, 0.25) is 0 Å². The third-order valence-corrected chi connectivity index (χ3v) is 2.80. The average molecular weight is 251 g/mol. The van der Waals surface area contributed by atoms with Crippen molar-refractivity contribution in [2.75, 3.05) is 0 Å². The Bertz CT molecular complexity index is 338. The molecule has 0 radical (unpaired) electrons. The number of phenols is 1. The fraction of sp³-hybridized carbons (Fsp3) is 0. The van der Waals surface area contributed by atoms with Gasteiger partial charge >= 0.3 is 0 Å². The monoisotopic (exact) mass is 250 g/mol. The molecular formula is C8H5BrClFO. The molecule has 0 aliphatic heterocycles. The van der Waals surface area contributed by atoms with Gasteiger partial charge in [0.05, 0.1) is 9.50 Å². The Morgan fingerprint density at radius 3 is 2.75 bits per heavy atom. The quantitative estimate of drug-likeness (QED) is 0.756. The molecular weight excluding hydrogens is 246 g/mol. The molecule has 0 saturated heterocycles. The summed E-state index contributed by atoms with van der Waals surface area (Å²) < 4.78 is 13.1. The highest BCUT2D eigenvalue weighted by molar-refractivity contribution is 9.10. The minimum absolute atomic E-state index is 0.0531. The molecule has 0 saturated carbocycles. The molecule has 1 nitrogen and oxygen atoms in total. The zero-order valence-corrected chi connectivity index (χ0v) is 8.28. The van der Waals surface area contributed by atoms with Crippen molar-refractivity contribution in [1.82, 2.24) is 0 Å². The van der Waals surface area contributed by atoms with Crippen molar-refractivity contribution in [3.63, 3.8) is 0 Å². The van der Waals surface area contributed by atoms with Crippen LogP contribution in [0, 0.1) is 5.82 Å². The second-order valence-corrected chi connectivity index (χ2v) is 3.29. The summed E-state index contributed by atoms with van der Waals surface area (Å²) in [6.45, 7) is 3.45. The molecule has 64 valence electrons. The van der Waals surface area contributed by atoms with Gasteiger partial charge in [0.1, 0.15) is 11.6 Å². The fourth-order valence-electron chi connectivity index (χ4n) is 0.791. The van der Waals surface area contributed by atoms with E-state index in [1.807, 2.05) is 0 Å². The number of aromatic hydroxyl groups is 1. The van der Waals surface area contributed by atoms with E-state index in [9.17, 15) is 9.50 Å². The standard InChI is InChI=1S/C8H5BrClFO/c1-2-4-6(12)3-5(11)8(10)7(4)9/h2-3,12H,1H2. The average Bonchev–Trinajstić information content (AvgIpc) is 2.01. The SMILES string of the molecule is C=Cc1c(O)cc(F)c(Cl)c1Br. The van der Waals surface area contributed by atoms with E-state index in [2.05, 4.69) is 22.5 Å². The van der Waals surface area contributed by atoms with Gasteiger partial charge in [-0.3, -0.25) is 0 Å². The number of halogens is 3. The molecule has 12 heavy (non-hydrogen) atoms. The zero-order valence-electron chi connectivity index (χ0n) is 5.94. The molecule has 0 aliphatic rings. The maximum Gasteiger partial charge on any atom is 0.146 e. The van der Waals surface area contributed by atoms with Crippen LogP contribution in [0.25, 0.3) is 6.08 Å². The minimum atomic E-state index is -0.661. The van der Waals surface area contributed by atoms with Crippen molar-refractivity contribution in [2.45, 2.75) is 0 Å². The number of hydrogen-bond acceptors (Lipinski definition) is 1. The summed E-state index contributed by atoms with van der Waals surface area (Å²) in [5, 5.41) is 9.14. The van der Waals surface area contributed by atoms with Crippen molar-refractivity contribution in [1.29, 1.82) is 0 Å². The molecule has 0 atom stereocenters. The van der Waals surface area contributed by atoms with Crippen LogP contribution >= 0.6 is 27.5 Å². The lowest BCUT2D eigenvalue weighted by molar-refractivity contribution is 0.467. The molecule has 0 heterocycles. The Balaban J connectivity index is 3.51. The van der Waals surface area contributed by atoms with Gasteiger partial charge in [-0.1, -0.05) is 24.3 Å². The highest BCUT2D eigenvalue weighted by Gasteiger charge is 2.11. The smallest absolute Gasteiger partial charge is 0.146 e. The first-order valence-electron chi connectivity index (χ1n) is 3.06. The predicted octanol–water partition coefficient (Wildman–Crippen LogP) is 3.59. The van der Waals surface area contributed by atoms with Crippen LogP contribution < -0.4 is 0 Å². The minimum Gasteiger partial charge on any atom is -0.507 e. The first-order valence-corrected chi connectivity index (χ1v) is 4.24. The van der Waals surface area contributed by atoms with Crippen LogP contribution in [0.1, 0.15) is 5.56 Å². The van der Waals surface area contributed by atoms with Crippen molar-refractivity contribution in [3.05, 3.63) is 33.5 Å². The van der Waals surface area contributed by atoms with E-state index < -0.39 is 5.82 Å². The van der Waals surface area contributed by atoms with Gasteiger partial charge < -0.3 is 5.11 Å². The van der Waals surface area contributed by atoms with Gasteiger partial charge in [-0.2, -0.15) is 0 Å². The lowest BCUT2D eigenvalue weighted by Gasteiger charge is -2.04. The van der Waals surface area contributed by atoms with Crippen LogP contribution in [-0.2, 0) is 0 Å². The summed E-state index contributed by atoms with van der Waals surface area (Å²) in [5.41, 5.74) is 0.390. The fourth-order valence-corrected chi connectivity index (χ4v) is 1.50. The van der Waals surface area contributed by atoms with Crippen LogP contribution in [0.2, 0.25) is 5.02 Å². The predicted molar refractivity (Wildman–Crippen MR) is 50.9 cm³/mol. The second kappa shape index (κ2) is 3.46. The van der Waals surface area contributed by atoms with Crippen LogP contribution in [0.5, 0.6) is 5.75 Å². The van der Waals surface area contributed by atoms with Gasteiger partial charge in [-0.25, -0.2) is 4.39 Å².